The third kappa shape index (κ3) is 9.37. The minimum absolute atomic E-state index is 0.145. The van der Waals surface area contributed by atoms with Crippen LogP contribution in [0.1, 0.15) is 52.9 Å². The van der Waals surface area contributed by atoms with Crippen molar-refractivity contribution in [3.05, 3.63) is 0 Å². The Balaban J connectivity index is 3.88. The minimum Gasteiger partial charge on any atom is -0.312 e. The summed E-state index contributed by atoms with van der Waals surface area (Å²) in [6.07, 6.45) is 4.47. The van der Waals surface area contributed by atoms with E-state index >= 15 is 0 Å². The quantitative estimate of drug-likeness (QED) is 0.533. The second kappa shape index (κ2) is 9.68. The lowest BCUT2D eigenvalue weighted by Crippen LogP contribution is -2.09. The Morgan fingerprint density at radius 3 is 2.16 bits per heavy atom. The molecule has 0 aromatic heterocycles. The third-order valence-corrected chi connectivity index (χ3v) is 5.16. The van der Waals surface area contributed by atoms with Gasteiger partial charge in [0.25, 0.3) is 0 Å². The molecule has 0 amide bonds. The maximum Gasteiger partial charge on any atom is 0.330 e. The Kier molecular flexibility index (Phi) is 9.59. The van der Waals surface area contributed by atoms with Crippen molar-refractivity contribution in [1.29, 1.82) is 0 Å². The molecule has 0 spiro atoms. The first-order valence-electron chi connectivity index (χ1n) is 7.05. The molecule has 0 N–H and O–H groups in total. The van der Waals surface area contributed by atoms with Gasteiger partial charge in [-0.15, -0.1) is 0 Å². The molecule has 114 valence electrons. The Hall–Kier alpha value is -0.180. The summed E-state index contributed by atoms with van der Waals surface area (Å²) in [6, 6.07) is 0. The fraction of sp³-hybridized carbons (Fsp3) is 0.929. The molecule has 0 aliphatic heterocycles. The van der Waals surface area contributed by atoms with Crippen molar-refractivity contribution < 1.29 is 18.4 Å². The molecule has 1 unspecified atom stereocenters. The first-order chi connectivity index (χ1) is 8.83. The molecule has 5 heteroatoms. The lowest BCUT2D eigenvalue weighted by molar-refractivity contribution is -0.119. The molecule has 0 aliphatic rings. The van der Waals surface area contributed by atoms with Crippen LogP contribution in [0.25, 0.3) is 0 Å². The van der Waals surface area contributed by atoms with Gasteiger partial charge in [-0.25, -0.2) is 0 Å². The molecule has 0 fully saturated rings. The highest BCUT2D eigenvalue weighted by atomic mass is 31.2. The molecule has 0 saturated carbocycles. The number of hydrogen-bond acceptors (Lipinski definition) is 4. The van der Waals surface area contributed by atoms with E-state index in [-0.39, 0.29) is 18.4 Å². The molecule has 19 heavy (non-hydrogen) atoms. The van der Waals surface area contributed by atoms with Gasteiger partial charge in [-0.3, -0.25) is 9.36 Å². The average molecular weight is 292 g/mol. The summed E-state index contributed by atoms with van der Waals surface area (Å²) in [7, 11) is -0.333. The van der Waals surface area contributed by atoms with Gasteiger partial charge < -0.3 is 9.05 Å². The SMILES string of the molecule is COP(=O)(CCC(=O)CC(C)CCCC(C)C)OC. The van der Waals surface area contributed by atoms with Crippen molar-refractivity contribution in [2.45, 2.75) is 52.9 Å². The number of ketones is 1. The zero-order chi connectivity index (χ0) is 14.9. The summed E-state index contributed by atoms with van der Waals surface area (Å²) in [5.41, 5.74) is 0. The first-order valence-corrected chi connectivity index (χ1v) is 8.78. The van der Waals surface area contributed by atoms with E-state index in [9.17, 15) is 9.36 Å². The molecule has 0 aliphatic carbocycles. The van der Waals surface area contributed by atoms with E-state index < -0.39 is 7.60 Å². The van der Waals surface area contributed by atoms with Crippen LogP contribution in [0.5, 0.6) is 0 Å². The summed E-state index contributed by atoms with van der Waals surface area (Å²) in [6.45, 7) is 6.52. The Labute approximate surface area is 117 Å². The van der Waals surface area contributed by atoms with Crippen LogP contribution in [-0.2, 0) is 18.4 Å². The lowest BCUT2D eigenvalue weighted by Gasteiger charge is -2.14. The predicted octanol–water partition coefficient (Wildman–Crippen LogP) is 4.28. The standard InChI is InChI=1S/C14H29O4P/c1-12(2)7-6-8-13(3)11-14(15)9-10-19(16,17-4)18-5/h12-13H,6-11H2,1-5H3. The van der Waals surface area contributed by atoms with E-state index in [0.717, 1.165) is 12.3 Å². The van der Waals surface area contributed by atoms with Gasteiger partial charge in [-0.2, -0.15) is 0 Å². The lowest BCUT2D eigenvalue weighted by atomic mass is 9.95. The largest absolute Gasteiger partial charge is 0.330 e. The van der Waals surface area contributed by atoms with Crippen LogP contribution < -0.4 is 0 Å². The molecule has 0 rings (SSSR count). The van der Waals surface area contributed by atoms with Gasteiger partial charge in [0.2, 0.25) is 0 Å². The predicted molar refractivity (Wildman–Crippen MR) is 78.6 cm³/mol. The third-order valence-electron chi connectivity index (χ3n) is 3.28. The highest BCUT2D eigenvalue weighted by Gasteiger charge is 2.22. The van der Waals surface area contributed by atoms with Crippen LogP contribution in [0.4, 0.5) is 0 Å². The molecular weight excluding hydrogens is 263 g/mol. The van der Waals surface area contributed by atoms with Crippen molar-refractivity contribution in [2.75, 3.05) is 20.4 Å². The van der Waals surface area contributed by atoms with Gasteiger partial charge in [0.1, 0.15) is 5.78 Å². The highest BCUT2D eigenvalue weighted by Crippen LogP contribution is 2.46. The number of hydrogen-bond donors (Lipinski definition) is 0. The van der Waals surface area contributed by atoms with Gasteiger partial charge in [-0.05, 0) is 11.8 Å². The summed E-state index contributed by atoms with van der Waals surface area (Å²) >= 11 is 0. The van der Waals surface area contributed by atoms with Gasteiger partial charge in [0.05, 0.1) is 6.16 Å². The van der Waals surface area contributed by atoms with E-state index in [1.165, 1.54) is 27.1 Å². The minimum atomic E-state index is -3.03. The Morgan fingerprint density at radius 2 is 1.68 bits per heavy atom. The van der Waals surface area contributed by atoms with Crippen LogP contribution in [0.3, 0.4) is 0 Å². The van der Waals surface area contributed by atoms with Crippen molar-refractivity contribution in [3.8, 4) is 0 Å². The van der Waals surface area contributed by atoms with Gasteiger partial charge in [-0.1, -0.05) is 40.0 Å². The maximum atomic E-state index is 11.8. The molecule has 0 aromatic carbocycles. The summed E-state index contributed by atoms with van der Waals surface area (Å²) in [5, 5.41) is 0. The topological polar surface area (TPSA) is 52.6 Å². The van der Waals surface area contributed by atoms with E-state index in [2.05, 4.69) is 20.8 Å². The zero-order valence-corrected chi connectivity index (χ0v) is 13.9. The van der Waals surface area contributed by atoms with Crippen LogP contribution in [-0.4, -0.2) is 26.2 Å². The van der Waals surface area contributed by atoms with Crippen LogP contribution in [0, 0.1) is 11.8 Å². The van der Waals surface area contributed by atoms with Crippen LogP contribution in [0.15, 0.2) is 0 Å². The van der Waals surface area contributed by atoms with Gasteiger partial charge >= 0.3 is 7.60 Å². The monoisotopic (exact) mass is 292 g/mol. The zero-order valence-electron chi connectivity index (χ0n) is 13.0. The molecule has 0 saturated heterocycles. The average Bonchev–Trinajstić information content (AvgIpc) is 2.35. The fourth-order valence-electron chi connectivity index (χ4n) is 1.99. The van der Waals surface area contributed by atoms with Crippen LogP contribution >= 0.6 is 7.60 Å². The van der Waals surface area contributed by atoms with E-state index in [4.69, 9.17) is 9.05 Å². The molecule has 0 aromatic rings. The molecule has 0 bridgehead atoms. The molecule has 0 radical (unpaired) electrons. The van der Waals surface area contributed by atoms with Gasteiger partial charge in [0, 0.05) is 27.1 Å². The number of carbonyl (C=O) groups excluding carboxylic acids is 1. The molecule has 1 atom stereocenters. The summed E-state index contributed by atoms with van der Waals surface area (Å²) < 4.78 is 21.4. The van der Waals surface area contributed by atoms with E-state index in [0.29, 0.717) is 12.3 Å². The van der Waals surface area contributed by atoms with Crippen molar-refractivity contribution in [2.24, 2.45) is 11.8 Å². The maximum absolute atomic E-state index is 11.8. The number of carbonyl (C=O) groups is 1. The van der Waals surface area contributed by atoms with Crippen LogP contribution in [0.2, 0.25) is 0 Å². The van der Waals surface area contributed by atoms with Crippen molar-refractivity contribution in [1.82, 2.24) is 0 Å². The highest BCUT2D eigenvalue weighted by molar-refractivity contribution is 7.53. The molecular formula is C14H29O4P. The molecule has 4 nitrogen and oxygen atoms in total. The Bertz CT molecular complexity index is 294. The molecule has 0 heterocycles. The van der Waals surface area contributed by atoms with E-state index in [1.807, 2.05) is 0 Å². The fourth-order valence-corrected chi connectivity index (χ4v) is 3.02. The normalized spacial score (nSPS) is 13.8. The van der Waals surface area contributed by atoms with E-state index in [1.54, 1.807) is 0 Å². The summed E-state index contributed by atoms with van der Waals surface area (Å²) in [5.74, 6) is 1.26. The number of rotatable bonds is 11. The van der Waals surface area contributed by atoms with Crippen molar-refractivity contribution >= 4 is 13.4 Å². The second-order valence-corrected chi connectivity index (χ2v) is 8.02. The number of Topliss-reactive ketones (excluding diaryl/α,β-unsaturated/α-hetero) is 1. The van der Waals surface area contributed by atoms with Gasteiger partial charge in [0.15, 0.2) is 0 Å². The second-order valence-electron chi connectivity index (χ2n) is 5.62. The van der Waals surface area contributed by atoms with Crippen molar-refractivity contribution in [3.63, 3.8) is 0 Å². The Morgan fingerprint density at radius 1 is 1.11 bits per heavy atom. The first kappa shape index (κ1) is 18.8. The summed E-state index contributed by atoms with van der Waals surface area (Å²) in [4.78, 5) is 11.8. The smallest absolute Gasteiger partial charge is 0.312 e.